The van der Waals surface area contributed by atoms with Gasteiger partial charge in [-0.1, -0.05) is 44.9 Å². The second-order valence-electron chi connectivity index (χ2n) is 29.1. The second-order valence-corrected chi connectivity index (χ2v) is 29.1. The first-order chi connectivity index (χ1) is 53.5. The Labute approximate surface area is 652 Å². The highest BCUT2D eigenvalue weighted by atomic mass is 16.7. The maximum atomic E-state index is 13.1. The van der Waals surface area contributed by atoms with Crippen LogP contribution in [0.5, 0.6) is 0 Å². The molecule has 0 aliphatic carbocycles. The Hall–Kier alpha value is -4.67. The number of aliphatic hydroxyl groups excluding tert-OH is 10. The molecule has 646 valence electrons. The van der Waals surface area contributed by atoms with E-state index >= 15 is 0 Å². The lowest BCUT2D eigenvalue weighted by Gasteiger charge is -2.40. The molecule has 4 aliphatic rings. The van der Waals surface area contributed by atoms with Crippen LogP contribution in [0.3, 0.4) is 0 Å². The van der Waals surface area contributed by atoms with Crippen molar-refractivity contribution in [1.82, 2.24) is 42.1 Å². The van der Waals surface area contributed by atoms with Crippen LogP contribution in [-0.4, -0.2) is 352 Å². The fourth-order valence-electron chi connectivity index (χ4n) is 12.9. The van der Waals surface area contributed by atoms with Gasteiger partial charge in [0.25, 0.3) is 0 Å². The molecular formula is C73H137N11O27. The van der Waals surface area contributed by atoms with Crippen LogP contribution in [0.25, 0.3) is 0 Å². The third kappa shape index (κ3) is 39.7. The third-order valence-electron chi connectivity index (χ3n) is 19.7. The van der Waals surface area contributed by atoms with Crippen molar-refractivity contribution in [2.75, 3.05) is 145 Å². The predicted octanol–water partition coefficient (Wildman–Crippen LogP) is -5.23. The molecule has 0 radical (unpaired) electrons. The van der Waals surface area contributed by atoms with Gasteiger partial charge in [-0.25, -0.2) is 0 Å². The Bertz CT molecular complexity index is 2340. The van der Waals surface area contributed by atoms with E-state index in [1.54, 1.807) is 12.0 Å². The van der Waals surface area contributed by atoms with Gasteiger partial charge in [-0.3, -0.25) is 33.6 Å². The number of amides is 7. The zero-order valence-electron chi connectivity index (χ0n) is 65.1. The Morgan fingerprint density at radius 3 is 1.02 bits per heavy atom. The van der Waals surface area contributed by atoms with Crippen LogP contribution in [0.4, 0.5) is 0 Å². The number of rotatable bonds is 63. The normalized spacial score (nSPS) is 26.6. The summed E-state index contributed by atoms with van der Waals surface area (Å²) in [7, 11) is 1.59. The highest BCUT2D eigenvalue weighted by Crippen LogP contribution is 2.25. The molecule has 4 heterocycles. The molecule has 4 fully saturated rings. The molecule has 7 amide bonds. The molecule has 4 rings (SSSR count). The number of methoxy groups -OCH3 is 1. The van der Waals surface area contributed by atoms with Crippen molar-refractivity contribution in [2.45, 2.75) is 277 Å². The first kappa shape index (κ1) is 98.7. The summed E-state index contributed by atoms with van der Waals surface area (Å²) in [6, 6.07) is -3.16. The van der Waals surface area contributed by atoms with Crippen LogP contribution in [0.2, 0.25) is 0 Å². The van der Waals surface area contributed by atoms with Crippen LogP contribution >= 0.6 is 0 Å². The lowest BCUT2D eigenvalue weighted by molar-refractivity contribution is -0.265. The summed E-state index contributed by atoms with van der Waals surface area (Å²) in [5, 5.41) is 120. The zero-order chi connectivity index (χ0) is 81.2. The molecule has 0 spiro atoms. The minimum absolute atomic E-state index is 0.000127. The van der Waals surface area contributed by atoms with E-state index in [0.29, 0.717) is 110 Å². The van der Waals surface area contributed by atoms with Crippen molar-refractivity contribution in [2.24, 2.45) is 17.2 Å². The number of carbonyl (C=O) groups is 7. The first-order valence-electron chi connectivity index (χ1n) is 40.0. The SMILES string of the molecule is COC[C@@H]1C[C@@H](O)CN1C(=O)CCCCCCCCCCCNC(COCCC(=O)NCCCNC(=O)CCCCOC1OC(CO)C(O)C(O)C1N)(COCCC(=O)NCCCNC(=O)CCCCOC1OC(CO)C(O)C(O)C1N)COCCC(=O)NCCCNC(=O)CCCCOC1OC(CO)C(O)C(O)C1N. The van der Waals surface area contributed by atoms with Crippen LogP contribution in [0.1, 0.15) is 167 Å². The lowest BCUT2D eigenvalue weighted by Crippen LogP contribution is -2.62. The van der Waals surface area contributed by atoms with Gasteiger partial charge in [-0.15, -0.1) is 0 Å². The molecule has 23 N–H and O–H groups in total. The van der Waals surface area contributed by atoms with Gasteiger partial charge in [0.2, 0.25) is 41.4 Å². The molecule has 4 aliphatic heterocycles. The number of β-amino-alcohol motifs (C(OH)–C–C–N with tert-alkyl or cyclic N) is 1. The van der Waals surface area contributed by atoms with Crippen LogP contribution < -0.4 is 54.4 Å². The first-order valence-corrected chi connectivity index (χ1v) is 40.0. The molecule has 15 unspecified atom stereocenters. The summed E-state index contributed by atoms with van der Waals surface area (Å²) in [5.41, 5.74) is 16.8. The van der Waals surface area contributed by atoms with Crippen LogP contribution in [0, 0.1) is 0 Å². The minimum atomic E-state index is -1.35. The van der Waals surface area contributed by atoms with E-state index in [4.69, 9.17) is 64.6 Å². The van der Waals surface area contributed by atoms with Crippen molar-refractivity contribution in [3.8, 4) is 0 Å². The highest BCUT2D eigenvalue weighted by molar-refractivity contribution is 5.78. The van der Waals surface area contributed by atoms with Crippen molar-refractivity contribution >= 4 is 41.4 Å². The average Bonchev–Trinajstić information content (AvgIpc) is 1.57. The van der Waals surface area contributed by atoms with E-state index < -0.39 is 123 Å². The molecule has 0 aromatic rings. The van der Waals surface area contributed by atoms with Gasteiger partial charge in [0.05, 0.1) is 102 Å². The molecular weight excluding hydrogens is 1460 g/mol. The van der Waals surface area contributed by atoms with Crippen molar-refractivity contribution in [3.63, 3.8) is 0 Å². The monoisotopic (exact) mass is 1600 g/mol. The summed E-state index contributed by atoms with van der Waals surface area (Å²) >= 11 is 0. The average molecular weight is 1600 g/mol. The lowest BCUT2D eigenvalue weighted by atomic mass is 9.98. The fraction of sp³-hybridized carbons (Fsp3) is 0.904. The number of hydrogen-bond acceptors (Lipinski definition) is 31. The molecule has 38 nitrogen and oxygen atoms in total. The van der Waals surface area contributed by atoms with Crippen molar-refractivity contribution < 1.29 is 132 Å². The van der Waals surface area contributed by atoms with E-state index in [2.05, 4.69) is 37.2 Å². The van der Waals surface area contributed by atoms with Gasteiger partial charge >= 0.3 is 0 Å². The molecule has 111 heavy (non-hydrogen) atoms. The van der Waals surface area contributed by atoms with E-state index in [-0.39, 0.29) is 165 Å². The van der Waals surface area contributed by atoms with Gasteiger partial charge < -0.3 is 158 Å². The Morgan fingerprint density at radius 2 is 0.694 bits per heavy atom. The largest absolute Gasteiger partial charge is 0.394 e. The van der Waals surface area contributed by atoms with Gasteiger partial charge in [-0.2, -0.15) is 0 Å². The smallest absolute Gasteiger partial charge is 0.222 e. The zero-order valence-corrected chi connectivity index (χ0v) is 65.1. The summed E-state index contributed by atoms with van der Waals surface area (Å²) in [6.45, 7) is 2.00. The minimum Gasteiger partial charge on any atom is -0.394 e. The molecule has 0 aromatic heterocycles. The predicted molar refractivity (Wildman–Crippen MR) is 400 cm³/mol. The topological polar surface area (TPSA) is 580 Å². The number of ether oxygens (including phenoxy) is 10. The summed E-state index contributed by atoms with van der Waals surface area (Å²) < 4.78 is 57.2. The van der Waals surface area contributed by atoms with E-state index in [0.717, 1.165) is 57.8 Å². The number of likely N-dealkylation sites (tertiary alicyclic amines) is 1. The molecule has 17 atom stereocenters. The van der Waals surface area contributed by atoms with Crippen molar-refractivity contribution in [1.29, 1.82) is 0 Å². The summed E-state index contributed by atoms with van der Waals surface area (Å²) in [6.07, 6.45) is -0.549. The van der Waals surface area contributed by atoms with Crippen molar-refractivity contribution in [3.05, 3.63) is 0 Å². The van der Waals surface area contributed by atoms with E-state index in [9.17, 15) is 84.6 Å². The second kappa shape index (κ2) is 58.2. The van der Waals surface area contributed by atoms with Crippen LogP contribution in [0.15, 0.2) is 0 Å². The number of unbranched alkanes of at least 4 members (excludes halogenated alkanes) is 11. The van der Waals surface area contributed by atoms with Gasteiger partial charge in [0.1, 0.15) is 54.9 Å². The van der Waals surface area contributed by atoms with Gasteiger partial charge in [-0.05, 0) is 83.6 Å². The summed E-state index contributed by atoms with van der Waals surface area (Å²) in [4.78, 5) is 91.5. The molecule has 38 heteroatoms. The van der Waals surface area contributed by atoms with E-state index in [1.165, 1.54) is 0 Å². The van der Waals surface area contributed by atoms with Crippen LogP contribution in [-0.2, 0) is 80.9 Å². The summed E-state index contributed by atoms with van der Waals surface area (Å²) in [5.74, 6) is -1.38. The van der Waals surface area contributed by atoms with Gasteiger partial charge in [0.15, 0.2) is 18.9 Å². The molecule has 0 saturated carbocycles. The molecule has 0 aromatic carbocycles. The Kier molecular flexibility index (Phi) is 51.8. The Balaban J connectivity index is 1.25. The van der Waals surface area contributed by atoms with E-state index in [1.807, 2.05) is 0 Å². The third-order valence-corrected chi connectivity index (χ3v) is 19.7. The quantitative estimate of drug-likeness (QED) is 0.0253. The number of aliphatic hydroxyl groups is 10. The van der Waals surface area contributed by atoms with Gasteiger partial charge in [0, 0.05) is 118 Å². The molecule has 4 saturated heterocycles. The number of nitrogens with zero attached hydrogens (tertiary/aromatic N) is 1. The highest BCUT2D eigenvalue weighted by Gasteiger charge is 2.46. The maximum absolute atomic E-state index is 13.1. The maximum Gasteiger partial charge on any atom is 0.222 e. The number of hydrogen-bond donors (Lipinski definition) is 20. The fourth-order valence-corrected chi connectivity index (χ4v) is 12.9. The number of nitrogens with one attached hydrogen (secondary N) is 7. The number of carbonyl (C=O) groups excluding carboxylic acids is 7. The molecule has 0 bridgehead atoms. The Morgan fingerprint density at radius 1 is 0.387 bits per heavy atom. The number of nitrogens with two attached hydrogens (primary N) is 3. The standard InChI is InChI=1S/C73H137N11O27/c1-102-45-49-40-50(88)41-84(49)60(95)23-9-7-5-3-2-4-6-8-13-33-83-73(46-103-37-24-57(92)80-30-17-27-77-54(89)20-10-14-34-106-70-61(74)67(99)64(96)51(42-85)109-70,47-104-38-25-58(93)81-31-18-28-78-55(90)21-11-15-35-107-71-62(75)68(100)65(97)52(43-86)110-71)48-105-39-26-59(94)82-32-19-29-79-56(91)22-12-16-36-108-72-63(76)69(101)66(98)53(44-87)111-72/h49-53,61-72,83,85-88,96-101H,2-48,74-76H2,1H3,(H,77,89)(H,78,90)(H,79,91)(H,80,92)(H,81,93)(H,82,94)/t49-,50+,51?,52?,53?,61?,62?,63?,64?,65?,66?,67?,68?,69?,70?,71?,72?,73?/m0/s1.